The van der Waals surface area contributed by atoms with Crippen LogP contribution in [-0.2, 0) is 21.3 Å². The molecule has 0 saturated carbocycles. The molecule has 0 atom stereocenters. The fourth-order valence-electron chi connectivity index (χ4n) is 1.41. The molecule has 21 heavy (non-hydrogen) atoms. The first-order valence-electron chi connectivity index (χ1n) is 6.69. The molecule has 5 nitrogen and oxygen atoms in total. The van der Waals surface area contributed by atoms with E-state index in [4.69, 9.17) is 9.84 Å². The second-order valence-electron chi connectivity index (χ2n) is 4.64. The van der Waals surface area contributed by atoms with Crippen LogP contribution in [-0.4, -0.2) is 38.6 Å². The van der Waals surface area contributed by atoms with E-state index >= 15 is 0 Å². The SMILES string of the molecule is CC(C)OCCS(=O)(=O)NCc1cc(C#CCCO)cs1. The van der Waals surface area contributed by atoms with Gasteiger partial charge in [-0.25, -0.2) is 13.1 Å². The van der Waals surface area contributed by atoms with Crippen LogP contribution in [0.2, 0.25) is 0 Å². The highest BCUT2D eigenvalue weighted by molar-refractivity contribution is 7.89. The monoisotopic (exact) mass is 331 g/mol. The largest absolute Gasteiger partial charge is 0.395 e. The first kappa shape index (κ1) is 18.1. The summed E-state index contributed by atoms with van der Waals surface area (Å²) in [5, 5.41) is 10.5. The minimum atomic E-state index is -3.32. The minimum Gasteiger partial charge on any atom is -0.395 e. The molecule has 0 aliphatic heterocycles. The number of nitrogens with one attached hydrogen (secondary N) is 1. The maximum Gasteiger partial charge on any atom is 0.214 e. The van der Waals surface area contributed by atoms with E-state index in [9.17, 15) is 8.42 Å². The third kappa shape index (κ3) is 8.19. The van der Waals surface area contributed by atoms with Crippen LogP contribution >= 0.6 is 11.3 Å². The third-order valence-corrected chi connectivity index (χ3v) is 4.62. The van der Waals surface area contributed by atoms with Crippen molar-refractivity contribution in [2.75, 3.05) is 19.0 Å². The van der Waals surface area contributed by atoms with Crippen LogP contribution in [0.1, 0.15) is 30.7 Å². The molecule has 7 heteroatoms. The molecule has 0 unspecified atom stereocenters. The van der Waals surface area contributed by atoms with Gasteiger partial charge in [-0.3, -0.25) is 0 Å². The Bertz CT molecular complexity index is 582. The number of aliphatic hydroxyl groups excluding tert-OH is 1. The Morgan fingerprint density at radius 3 is 2.90 bits per heavy atom. The molecule has 118 valence electrons. The molecule has 1 aromatic heterocycles. The predicted molar refractivity (Wildman–Crippen MR) is 84.6 cm³/mol. The van der Waals surface area contributed by atoms with Crippen LogP contribution in [0.3, 0.4) is 0 Å². The van der Waals surface area contributed by atoms with Crippen molar-refractivity contribution in [3.8, 4) is 11.8 Å². The van der Waals surface area contributed by atoms with Gasteiger partial charge in [0.1, 0.15) is 0 Å². The molecule has 1 heterocycles. The summed E-state index contributed by atoms with van der Waals surface area (Å²) in [6.07, 6.45) is 0.464. The fourth-order valence-corrected chi connectivity index (χ4v) is 3.09. The summed E-state index contributed by atoms with van der Waals surface area (Å²) in [5.74, 6) is 5.70. The van der Waals surface area contributed by atoms with E-state index in [0.29, 0.717) is 6.42 Å². The van der Waals surface area contributed by atoms with Crippen molar-refractivity contribution in [2.45, 2.75) is 32.9 Å². The average molecular weight is 331 g/mol. The number of thiophene rings is 1. The van der Waals surface area contributed by atoms with Crippen molar-refractivity contribution in [3.63, 3.8) is 0 Å². The molecule has 1 aromatic rings. The van der Waals surface area contributed by atoms with Gasteiger partial charge in [-0.2, -0.15) is 0 Å². The first-order valence-corrected chi connectivity index (χ1v) is 9.22. The molecule has 1 rings (SSSR count). The van der Waals surface area contributed by atoms with E-state index < -0.39 is 10.0 Å². The highest BCUT2D eigenvalue weighted by Gasteiger charge is 2.11. The van der Waals surface area contributed by atoms with Crippen molar-refractivity contribution in [2.24, 2.45) is 0 Å². The average Bonchev–Trinajstić information content (AvgIpc) is 2.84. The van der Waals surface area contributed by atoms with Crippen molar-refractivity contribution < 1.29 is 18.3 Å². The number of hydrogen-bond donors (Lipinski definition) is 2. The van der Waals surface area contributed by atoms with Gasteiger partial charge in [-0.15, -0.1) is 11.3 Å². The number of hydrogen-bond acceptors (Lipinski definition) is 5. The van der Waals surface area contributed by atoms with Gasteiger partial charge in [0.25, 0.3) is 0 Å². The van der Waals surface area contributed by atoms with E-state index in [1.165, 1.54) is 11.3 Å². The van der Waals surface area contributed by atoms with Crippen LogP contribution in [0.5, 0.6) is 0 Å². The van der Waals surface area contributed by atoms with Crippen LogP contribution < -0.4 is 4.72 Å². The summed E-state index contributed by atoms with van der Waals surface area (Å²) in [6.45, 7) is 4.23. The molecule has 2 N–H and O–H groups in total. The van der Waals surface area contributed by atoms with Crippen molar-refractivity contribution in [3.05, 3.63) is 21.9 Å². The molecule has 0 aliphatic carbocycles. The predicted octanol–water partition coefficient (Wildman–Crippen LogP) is 1.33. The van der Waals surface area contributed by atoms with Crippen LogP contribution in [0.25, 0.3) is 0 Å². The third-order valence-electron chi connectivity index (χ3n) is 2.39. The normalized spacial score (nSPS) is 11.4. The second-order valence-corrected chi connectivity index (χ2v) is 7.56. The smallest absolute Gasteiger partial charge is 0.214 e. The second kappa shape index (κ2) is 9.18. The Morgan fingerprint density at radius 2 is 2.24 bits per heavy atom. The van der Waals surface area contributed by atoms with Gasteiger partial charge >= 0.3 is 0 Å². The topological polar surface area (TPSA) is 75.6 Å². The number of ether oxygens (including phenoxy) is 1. The van der Waals surface area contributed by atoms with E-state index in [1.54, 1.807) is 0 Å². The maximum atomic E-state index is 11.8. The fraction of sp³-hybridized carbons (Fsp3) is 0.571. The van der Waals surface area contributed by atoms with Gasteiger partial charge in [0.15, 0.2) is 0 Å². The van der Waals surface area contributed by atoms with Crippen LogP contribution in [0.4, 0.5) is 0 Å². The highest BCUT2D eigenvalue weighted by atomic mass is 32.2. The van der Waals surface area contributed by atoms with Gasteiger partial charge in [0, 0.05) is 28.8 Å². The number of sulfonamides is 1. The van der Waals surface area contributed by atoms with Crippen molar-refractivity contribution in [1.82, 2.24) is 4.72 Å². The van der Waals surface area contributed by atoms with Gasteiger partial charge in [0.2, 0.25) is 10.0 Å². The Hall–Kier alpha value is -0.910. The quantitative estimate of drug-likeness (QED) is 0.705. The zero-order valence-corrected chi connectivity index (χ0v) is 13.9. The van der Waals surface area contributed by atoms with Gasteiger partial charge in [-0.1, -0.05) is 11.8 Å². The molecular weight excluding hydrogens is 310 g/mol. The van der Waals surface area contributed by atoms with Crippen LogP contribution in [0, 0.1) is 11.8 Å². The minimum absolute atomic E-state index is 0.0255. The van der Waals surface area contributed by atoms with Crippen molar-refractivity contribution in [1.29, 1.82) is 0 Å². The van der Waals surface area contributed by atoms with Gasteiger partial charge in [0.05, 0.1) is 25.1 Å². The van der Waals surface area contributed by atoms with Gasteiger partial charge in [-0.05, 0) is 19.9 Å². The summed E-state index contributed by atoms with van der Waals surface area (Å²) < 4.78 is 31.3. The molecule has 0 amide bonds. The molecule has 0 bridgehead atoms. The highest BCUT2D eigenvalue weighted by Crippen LogP contribution is 2.13. The lowest BCUT2D eigenvalue weighted by Gasteiger charge is -2.08. The zero-order chi connectivity index (χ0) is 15.7. The molecule has 0 saturated heterocycles. The Labute approximate surface area is 130 Å². The standard InChI is InChI=1S/C14H21NO4S2/c1-12(2)19-7-8-21(17,18)15-10-14-9-13(11-20-14)5-3-4-6-16/h9,11-12,15-16H,4,6-8,10H2,1-2H3. The zero-order valence-electron chi connectivity index (χ0n) is 12.3. The first-order chi connectivity index (χ1) is 9.93. The van der Waals surface area contributed by atoms with Crippen LogP contribution in [0.15, 0.2) is 11.4 Å². The Morgan fingerprint density at radius 1 is 1.48 bits per heavy atom. The molecule has 0 aromatic carbocycles. The summed E-state index contributed by atoms with van der Waals surface area (Å²) >= 11 is 1.45. The summed E-state index contributed by atoms with van der Waals surface area (Å²) in [6, 6.07) is 1.85. The lowest BCUT2D eigenvalue weighted by molar-refractivity contribution is 0.0911. The Kier molecular flexibility index (Phi) is 7.93. The number of rotatable bonds is 8. The lowest BCUT2D eigenvalue weighted by atomic mass is 10.3. The van der Waals surface area contributed by atoms with E-state index in [1.807, 2.05) is 25.3 Å². The summed E-state index contributed by atoms with van der Waals surface area (Å²) in [4.78, 5) is 0.900. The van der Waals surface area contributed by atoms with Crippen molar-refractivity contribution >= 4 is 21.4 Å². The van der Waals surface area contributed by atoms with E-state index in [-0.39, 0.29) is 31.6 Å². The van der Waals surface area contributed by atoms with E-state index in [2.05, 4.69) is 16.6 Å². The Balaban J connectivity index is 2.42. The molecule has 0 radical (unpaired) electrons. The molecule has 0 aliphatic rings. The van der Waals surface area contributed by atoms with E-state index in [0.717, 1.165) is 10.4 Å². The summed E-state index contributed by atoms with van der Waals surface area (Å²) in [5.41, 5.74) is 0.839. The maximum absolute atomic E-state index is 11.8. The number of aliphatic hydroxyl groups is 1. The molecule has 0 spiro atoms. The van der Waals surface area contributed by atoms with Gasteiger partial charge < -0.3 is 9.84 Å². The molecular formula is C14H21NO4S2. The summed E-state index contributed by atoms with van der Waals surface area (Å²) in [7, 11) is -3.32. The molecule has 0 fully saturated rings. The lowest BCUT2D eigenvalue weighted by Crippen LogP contribution is -2.28.